The number of hydrogen-bond acceptors (Lipinski definition) is 4. The molecule has 0 aliphatic heterocycles. The zero-order valence-electron chi connectivity index (χ0n) is 12.1. The lowest BCUT2D eigenvalue weighted by Crippen LogP contribution is -2.20. The maximum atomic E-state index is 11.4. The van der Waals surface area contributed by atoms with Gasteiger partial charge in [0.1, 0.15) is 17.4 Å². The Morgan fingerprint density at radius 3 is 2.67 bits per heavy atom. The maximum absolute atomic E-state index is 11.4. The van der Waals surface area contributed by atoms with Crippen molar-refractivity contribution in [1.29, 1.82) is 0 Å². The molecule has 5 nitrogen and oxygen atoms in total. The van der Waals surface area contributed by atoms with Gasteiger partial charge in [0, 0.05) is 6.04 Å². The molecular formula is C15H19N3O2S. The SMILES string of the molecule is CC(C)n1ncnc1CSC(Cc1ccccc1)C(=O)O. The average Bonchev–Trinajstić information content (AvgIpc) is 2.93. The summed E-state index contributed by atoms with van der Waals surface area (Å²) in [5.41, 5.74) is 1.03. The number of rotatable bonds is 7. The number of benzene rings is 1. The van der Waals surface area contributed by atoms with Crippen molar-refractivity contribution in [2.24, 2.45) is 0 Å². The molecule has 112 valence electrons. The molecule has 0 fully saturated rings. The highest BCUT2D eigenvalue weighted by Gasteiger charge is 2.20. The first-order valence-corrected chi connectivity index (χ1v) is 7.89. The fraction of sp³-hybridized carbons (Fsp3) is 0.400. The molecule has 21 heavy (non-hydrogen) atoms. The Bertz CT molecular complexity index is 584. The highest BCUT2D eigenvalue weighted by molar-refractivity contribution is 7.99. The quantitative estimate of drug-likeness (QED) is 0.852. The van der Waals surface area contributed by atoms with Crippen molar-refractivity contribution in [3.05, 3.63) is 48.0 Å². The zero-order chi connectivity index (χ0) is 15.2. The molecule has 1 unspecified atom stereocenters. The van der Waals surface area contributed by atoms with Gasteiger partial charge in [0.05, 0.1) is 5.75 Å². The van der Waals surface area contributed by atoms with Gasteiger partial charge in [-0.3, -0.25) is 4.79 Å². The second-order valence-corrected chi connectivity index (χ2v) is 6.23. The third kappa shape index (κ3) is 4.32. The maximum Gasteiger partial charge on any atom is 0.316 e. The van der Waals surface area contributed by atoms with E-state index >= 15 is 0 Å². The Morgan fingerprint density at radius 1 is 1.33 bits per heavy atom. The summed E-state index contributed by atoms with van der Waals surface area (Å²) in [6.45, 7) is 4.06. The smallest absolute Gasteiger partial charge is 0.316 e. The van der Waals surface area contributed by atoms with Crippen molar-refractivity contribution in [2.45, 2.75) is 37.3 Å². The van der Waals surface area contributed by atoms with Gasteiger partial charge in [-0.05, 0) is 25.8 Å². The lowest BCUT2D eigenvalue weighted by atomic mass is 10.1. The highest BCUT2D eigenvalue weighted by atomic mass is 32.2. The fourth-order valence-electron chi connectivity index (χ4n) is 2.03. The van der Waals surface area contributed by atoms with Crippen molar-refractivity contribution in [2.75, 3.05) is 0 Å². The van der Waals surface area contributed by atoms with Crippen molar-refractivity contribution >= 4 is 17.7 Å². The van der Waals surface area contributed by atoms with Gasteiger partial charge >= 0.3 is 5.97 Å². The van der Waals surface area contributed by atoms with Gasteiger partial charge in [-0.15, -0.1) is 11.8 Å². The number of carboxylic acid groups (broad SMARTS) is 1. The summed E-state index contributed by atoms with van der Waals surface area (Å²) >= 11 is 1.39. The Balaban J connectivity index is 2.00. The van der Waals surface area contributed by atoms with Crippen LogP contribution in [-0.4, -0.2) is 31.1 Å². The normalized spacial score (nSPS) is 12.5. The largest absolute Gasteiger partial charge is 0.480 e. The molecule has 0 spiro atoms. The Morgan fingerprint density at radius 2 is 2.05 bits per heavy atom. The molecule has 0 saturated heterocycles. The number of thioether (sulfide) groups is 1. The van der Waals surface area contributed by atoms with Crippen molar-refractivity contribution in [3.63, 3.8) is 0 Å². The molecule has 1 atom stereocenters. The summed E-state index contributed by atoms with van der Waals surface area (Å²) in [4.78, 5) is 15.6. The molecule has 1 aromatic heterocycles. The van der Waals surface area contributed by atoms with Crippen molar-refractivity contribution in [3.8, 4) is 0 Å². The van der Waals surface area contributed by atoms with Gasteiger partial charge in [-0.25, -0.2) is 9.67 Å². The number of aromatic nitrogens is 3. The summed E-state index contributed by atoms with van der Waals surface area (Å²) in [6.07, 6.45) is 2.03. The van der Waals surface area contributed by atoms with Crippen LogP contribution >= 0.6 is 11.8 Å². The molecule has 0 aliphatic carbocycles. The Labute approximate surface area is 128 Å². The molecule has 0 radical (unpaired) electrons. The van der Waals surface area contributed by atoms with Gasteiger partial charge in [0.15, 0.2) is 0 Å². The van der Waals surface area contributed by atoms with Gasteiger partial charge in [-0.1, -0.05) is 30.3 Å². The summed E-state index contributed by atoms with van der Waals surface area (Å²) in [5.74, 6) is 0.566. The van der Waals surface area contributed by atoms with E-state index in [9.17, 15) is 9.90 Å². The number of nitrogens with zero attached hydrogens (tertiary/aromatic N) is 3. The van der Waals surface area contributed by atoms with Crippen LogP contribution in [-0.2, 0) is 17.0 Å². The van der Waals surface area contributed by atoms with E-state index < -0.39 is 11.2 Å². The van der Waals surface area contributed by atoms with Crippen molar-refractivity contribution in [1.82, 2.24) is 14.8 Å². The molecule has 0 amide bonds. The van der Waals surface area contributed by atoms with E-state index in [4.69, 9.17) is 0 Å². The van der Waals surface area contributed by atoms with Crippen LogP contribution in [0.3, 0.4) is 0 Å². The number of hydrogen-bond donors (Lipinski definition) is 1. The molecule has 0 aliphatic rings. The molecule has 1 aromatic carbocycles. The number of aliphatic carboxylic acids is 1. The number of carboxylic acids is 1. The molecule has 2 rings (SSSR count). The van der Waals surface area contributed by atoms with Crippen LogP contribution in [0.15, 0.2) is 36.7 Å². The van der Waals surface area contributed by atoms with Crippen molar-refractivity contribution < 1.29 is 9.90 Å². The minimum absolute atomic E-state index is 0.223. The van der Waals surface area contributed by atoms with Gasteiger partial charge in [0.25, 0.3) is 0 Å². The molecule has 0 saturated carbocycles. The second kappa shape index (κ2) is 7.26. The van der Waals surface area contributed by atoms with E-state index in [1.807, 2.05) is 48.9 Å². The molecule has 6 heteroatoms. The van der Waals surface area contributed by atoms with Crippen LogP contribution in [0.2, 0.25) is 0 Å². The zero-order valence-corrected chi connectivity index (χ0v) is 13.0. The van der Waals surface area contributed by atoms with E-state index in [0.717, 1.165) is 11.4 Å². The first-order valence-electron chi connectivity index (χ1n) is 6.84. The van der Waals surface area contributed by atoms with Crippen LogP contribution in [0, 0.1) is 0 Å². The van der Waals surface area contributed by atoms with Crippen LogP contribution in [0.1, 0.15) is 31.3 Å². The molecule has 2 aromatic rings. The summed E-state index contributed by atoms with van der Waals surface area (Å²) < 4.78 is 1.83. The van der Waals surface area contributed by atoms with E-state index in [1.165, 1.54) is 18.1 Å². The van der Waals surface area contributed by atoms with Crippen LogP contribution in [0.5, 0.6) is 0 Å². The standard InChI is InChI=1S/C15H19N3O2S/c1-11(2)18-14(16-10-17-18)9-21-13(15(19)20)8-12-6-4-3-5-7-12/h3-7,10-11,13H,8-9H2,1-2H3,(H,19,20). The Kier molecular flexibility index (Phi) is 5.38. The van der Waals surface area contributed by atoms with Gasteiger partial charge in [-0.2, -0.15) is 5.10 Å². The summed E-state index contributed by atoms with van der Waals surface area (Å²) in [7, 11) is 0. The minimum Gasteiger partial charge on any atom is -0.480 e. The monoisotopic (exact) mass is 305 g/mol. The lowest BCUT2D eigenvalue weighted by molar-refractivity contribution is -0.136. The number of carbonyl (C=O) groups is 1. The lowest BCUT2D eigenvalue weighted by Gasteiger charge is -2.13. The topological polar surface area (TPSA) is 68.0 Å². The average molecular weight is 305 g/mol. The Hall–Kier alpha value is -1.82. The molecular weight excluding hydrogens is 286 g/mol. The third-order valence-corrected chi connectivity index (χ3v) is 4.28. The van der Waals surface area contributed by atoms with Crippen LogP contribution < -0.4 is 0 Å². The minimum atomic E-state index is -0.792. The van der Waals surface area contributed by atoms with E-state index in [-0.39, 0.29) is 6.04 Å². The molecule has 1 heterocycles. The molecule has 0 bridgehead atoms. The predicted octanol–water partition coefficient (Wildman–Crippen LogP) is 2.79. The summed E-state index contributed by atoms with van der Waals surface area (Å²) in [6, 6.07) is 9.90. The molecule has 1 N–H and O–H groups in total. The van der Waals surface area contributed by atoms with E-state index in [1.54, 1.807) is 0 Å². The van der Waals surface area contributed by atoms with E-state index in [2.05, 4.69) is 10.1 Å². The van der Waals surface area contributed by atoms with E-state index in [0.29, 0.717) is 12.2 Å². The van der Waals surface area contributed by atoms with Gasteiger partial charge < -0.3 is 5.11 Å². The first kappa shape index (κ1) is 15.6. The van der Waals surface area contributed by atoms with Crippen LogP contribution in [0.25, 0.3) is 0 Å². The van der Waals surface area contributed by atoms with Crippen LogP contribution in [0.4, 0.5) is 0 Å². The highest BCUT2D eigenvalue weighted by Crippen LogP contribution is 2.21. The third-order valence-electron chi connectivity index (χ3n) is 3.09. The fourth-order valence-corrected chi connectivity index (χ4v) is 3.04. The second-order valence-electron chi connectivity index (χ2n) is 5.04. The van der Waals surface area contributed by atoms with Gasteiger partial charge in [0.2, 0.25) is 0 Å². The predicted molar refractivity (Wildman–Crippen MR) is 83.3 cm³/mol. The first-order chi connectivity index (χ1) is 10.1. The summed E-state index contributed by atoms with van der Waals surface area (Å²) in [5, 5.41) is 13.1.